The molecular formula is C14H20FNO4S. The third-order valence-corrected chi connectivity index (χ3v) is 5.89. The number of sulfonamides is 1. The summed E-state index contributed by atoms with van der Waals surface area (Å²) in [5.41, 5.74) is 0. The Balaban J connectivity index is 2.27. The summed E-state index contributed by atoms with van der Waals surface area (Å²) in [6, 6.07) is 4.30. The number of aliphatic hydroxyl groups excluding tert-OH is 1. The maximum atomic E-state index is 13.2. The van der Waals surface area contributed by atoms with E-state index in [9.17, 15) is 17.9 Å². The lowest BCUT2D eigenvalue weighted by Gasteiger charge is -2.38. The largest absolute Gasteiger partial charge is 0.389 e. The SMILES string of the molecule is CO[C@@H]1CCC[C@@H](N(C)S(=O)(=O)c2cccc(F)c2)[C@H]1O. The standard InChI is InChI=1S/C14H20FNO4S/c1-16(12-7-4-8-13(20-2)14(12)17)21(18,19)11-6-3-5-10(15)9-11/h3,5-6,9,12-14,17H,4,7-8H2,1-2H3/t12-,13-,14-/m1/s1. The molecule has 0 amide bonds. The second-order valence-electron chi connectivity index (χ2n) is 5.24. The Labute approximate surface area is 124 Å². The maximum absolute atomic E-state index is 13.2. The van der Waals surface area contributed by atoms with Gasteiger partial charge in [-0.3, -0.25) is 0 Å². The van der Waals surface area contributed by atoms with Crippen LogP contribution in [-0.2, 0) is 14.8 Å². The summed E-state index contributed by atoms with van der Waals surface area (Å²) in [5, 5.41) is 10.3. The Hall–Kier alpha value is -1.02. The summed E-state index contributed by atoms with van der Waals surface area (Å²) in [6.07, 6.45) is 0.739. The number of hydrogen-bond acceptors (Lipinski definition) is 4. The first-order valence-electron chi connectivity index (χ1n) is 6.82. The molecule has 1 aliphatic rings. The van der Waals surface area contributed by atoms with Crippen LogP contribution in [0.25, 0.3) is 0 Å². The van der Waals surface area contributed by atoms with Crippen LogP contribution in [0.5, 0.6) is 0 Å². The van der Waals surface area contributed by atoms with Gasteiger partial charge in [-0.25, -0.2) is 12.8 Å². The van der Waals surface area contributed by atoms with E-state index >= 15 is 0 Å². The van der Waals surface area contributed by atoms with Crippen molar-refractivity contribution in [2.24, 2.45) is 0 Å². The molecule has 2 rings (SSSR count). The molecule has 0 aliphatic heterocycles. The van der Waals surface area contributed by atoms with E-state index in [0.29, 0.717) is 12.8 Å². The summed E-state index contributed by atoms with van der Waals surface area (Å²) in [7, 11) is -0.942. The summed E-state index contributed by atoms with van der Waals surface area (Å²) in [6.45, 7) is 0. The number of nitrogens with zero attached hydrogens (tertiary/aromatic N) is 1. The van der Waals surface area contributed by atoms with Crippen molar-refractivity contribution in [1.29, 1.82) is 0 Å². The molecule has 1 fully saturated rings. The molecule has 1 saturated carbocycles. The first-order chi connectivity index (χ1) is 9.87. The Morgan fingerprint density at radius 2 is 2.10 bits per heavy atom. The fourth-order valence-electron chi connectivity index (χ4n) is 2.74. The third-order valence-electron chi connectivity index (χ3n) is 4.01. The second-order valence-corrected chi connectivity index (χ2v) is 7.24. The summed E-state index contributed by atoms with van der Waals surface area (Å²) < 4.78 is 44.6. The average molecular weight is 317 g/mol. The minimum absolute atomic E-state index is 0.114. The third kappa shape index (κ3) is 3.26. The Morgan fingerprint density at radius 1 is 1.38 bits per heavy atom. The minimum atomic E-state index is -3.85. The molecule has 1 aliphatic carbocycles. The molecule has 5 nitrogen and oxygen atoms in total. The highest BCUT2D eigenvalue weighted by Gasteiger charge is 2.39. The van der Waals surface area contributed by atoms with Crippen LogP contribution in [0, 0.1) is 5.82 Å². The van der Waals surface area contributed by atoms with E-state index in [1.807, 2.05) is 0 Å². The fraction of sp³-hybridized carbons (Fsp3) is 0.571. The predicted molar refractivity (Wildman–Crippen MR) is 75.8 cm³/mol. The van der Waals surface area contributed by atoms with Gasteiger partial charge in [0.2, 0.25) is 10.0 Å². The number of rotatable bonds is 4. The molecule has 1 N–H and O–H groups in total. The van der Waals surface area contributed by atoms with Crippen molar-refractivity contribution in [3.8, 4) is 0 Å². The van der Waals surface area contributed by atoms with Crippen LogP contribution >= 0.6 is 0 Å². The lowest BCUT2D eigenvalue weighted by Crippen LogP contribution is -2.52. The van der Waals surface area contributed by atoms with E-state index in [2.05, 4.69) is 0 Å². The van der Waals surface area contributed by atoms with Gasteiger partial charge < -0.3 is 9.84 Å². The molecule has 0 radical (unpaired) electrons. The minimum Gasteiger partial charge on any atom is -0.389 e. The lowest BCUT2D eigenvalue weighted by atomic mass is 9.90. The zero-order valence-electron chi connectivity index (χ0n) is 12.1. The highest BCUT2D eigenvalue weighted by Crippen LogP contribution is 2.28. The molecule has 0 heterocycles. The van der Waals surface area contributed by atoms with Gasteiger partial charge in [0.05, 0.1) is 23.1 Å². The highest BCUT2D eigenvalue weighted by molar-refractivity contribution is 7.89. The molecule has 21 heavy (non-hydrogen) atoms. The van der Waals surface area contributed by atoms with Gasteiger partial charge in [0, 0.05) is 14.2 Å². The van der Waals surface area contributed by atoms with E-state index in [1.54, 1.807) is 0 Å². The lowest BCUT2D eigenvalue weighted by molar-refractivity contribution is -0.0644. The zero-order valence-corrected chi connectivity index (χ0v) is 12.9. The van der Waals surface area contributed by atoms with Crippen molar-refractivity contribution in [3.63, 3.8) is 0 Å². The molecule has 0 spiro atoms. The molecule has 1 aromatic rings. The van der Waals surface area contributed by atoms with Gasteiger partial charge in [-0.05, 0) is 37.5 Å². The van der Waals surface area contributed by atoms with Crippen LogP contribution < -0.4 is 0 Å². The Kier molecular flexibility index (Phi) is 4.98. The molecule has 7 heteroatoms. The van der Waals surface area contributed by atoms with Crippen LogP contribution in [0.2, 0.25) is 0 Å². The van der Waals surface area contributed by atoms with Crippen molar-refractivity contribution in [2.75, 3.05) is 14.2 Å². The number of aliphatic hydroxyl groups is 1. The second kappa shape index (κ2) is 6.39. The summed E-state index contributed by atoms with van der Waals surface area (Å²) in [5.74, 6) is -0.608. The fourth-order valence-corrected chi connectivity index (χ4v) is 4.17. The highest BCUT2D eigenvalue weighted by atomic mass is 32.2. The molecule has 1 aromatic carbocycles. The van der Waals surface area contributed by atoms with Gasteiger partial charge in [0.25, 0.3) is 0 Å². The summed E-state index contributed by atoms with van der Waals surface area (Å²) >= 11 is 0. The normalized spacial score (nSPS) is 27.0. The molecule has 0 aromatic heterocycles. The molecule has 118 valence electrons. The van der Waals surface area contributed by atoms with Crippen molar-refractivity contribution < 1.29 is 22.7 Å². The van der Waals surface area contributed by atoms with Gasteiger partial charge in [-0.15, -0.1) is 0 Å². The number of benzene rings is 1. The smallest absolute Gasteiger partial charge is 0.243 e. The molecular weight excluding hydrogens is 297 g/mol. The van der Waals surface area contributed by atoms with Gasteiger partial charge >= 0.3 is 0 Å². The van der Waals surface area contributed by atoms with Crippen LogP contribution in [0.1, 0.15) is 19.3 Å². The van der Waals surface area contributed by atoms with Gasteiger partial charge in [-0.2, -0.15) is 4.31 Å². The Bertz CT molecular complexity index is 592. The first kappa shape index (κ1) is 16.4. The van der Waals surface area contributed by atoms with Crippen LogP contribution in [0.15, 0.2) is 29.2 Å². The molecule has 0 unspecified atom stereocenters. The van der Waals surface area contributed by atoms with Crippen LogP contribution in [0.4, 0.5) is 4.39 Å². The first-order valence-corrected chi connectivity index (χ1v) is 8.26. The van der Waals surface area contributed by atoms with Crippen molar-refractivity contribution in [3.05, 3.63) is 30.1 Å². The monoisotopic (exact) mass is 317 g/mol. The van der Waals surface area contributed by atoms with Gasteiger partial charge in [0.15, 0.2) is 0 Å². The van der Waals surface area contributed by atoms with Crippen molar-refractivity contribution in [1.82, 2.24) is 4.31 Å². The summed E-state index contributed by atoms with van der Waals surface area (Å²) in [4.78, 5) is -0.114. The zero-order chi connectivity index (χ0) is 15.6. The topological polar surface area (TPSA) is 66.8 Å². The van der Waals surface area contributed by atoms with Crippen LogP contribution in [-0.4, -0.2) is 50.2 Å². The van der Waals surface area contributed by atoms with Crippen molar-refractivity contribution >= 4 is 10.0 Å². The van der Waals surface area contributed by atoms with E-state index < -0.39 is 28.0 Å². The molecule has 0 bridgehead atoms. The van der Waals surface area contributed by atoms with Crippen LogP contribution in [0.3, 0.4) is 0 Å². The van der Waals surface area contributed by atoms with Gasteiger partial charge in [-0.1, -0.05) is 6.07 Å². The number of hydrogen-bond donors (Lipinski definition) is 1. The van der Waals surface area contributed by atoms with Gasteiger partial charge in [0.1, 0.15) is 5.82 Å². The molecule has 3 atom stereocenters. The maximum Gasteiger partial charge on any atom is 0.243 e. The quantitative estimate of drug-likeness (QED) is 0.911. The van der Waals surface area contributed by atoms with E-state index in [-0.39, 0.29) is 11.0 Å². The number of halogens is 1. The van der Waals surface area contributed by atoms with Crippen molar-refractivity contribution in [2.45, 2.75) is 42.4 Å². The van der Waals surface area contributed by atoms with E-state index in [0.717, 1.165) is 16.8 Å². The average Bonchev–Trinajstić information content (AvgIpc) is 2.46. The molecule has 0 saturated heterocycles. The number of ether oxygens (including phenoxy) is 1. The van der Waals surface area contributed by atoms with E-state index in [4.69, 9.17) is 4.74 Å². The number of likely N-dealkylation sites (N-methyl/N-ethyl adjacent to an activating group) is 1. The Morgan fingerprint density at radius 3 is 2.71 bits per heavy atom. The van der Waals surface area contributed by atoms with E-state index in [1.165, 1.54) is 32.4 Å². The number of methoxy groups -OCH3 is 1. The predicted octanol–water partition coefficient (Wildman–Crippen LogP) is 1.37.